The first-order valence-electron chi connectivity index (χ1n) is 7.16. The van der Waals surface area contributed by atoms with Gasteiger partial charge in [-0.25, -0.2) is 8.42 Å². The molecule has 0 aliphatic rings. The van der Waals surface area contributed by atoms with Gasteiger partial charge >= 0.3 is 0 Å². The van der Waals surface area contributed by atoms with E-state index in [4.69, 9.17) is 9.47 Å². The van der Waals surface area contributed by atoms with Crippen LogP contribution in [0.15, 0.2) is 47.5 Å². The molecule has 0 saturated heterocycles. The van der Waals surface area contributed by atoms with Gasteiger partial charge < -0.3 is 9.47 Å². The van der Waals surface area contributed by atoms with Gasteiger partial charge in [0, 0.05) is 11.8 Å². The zero-order valence-corrected chi connectivity index (χ0v) is 14.3. The lowest BCUT2D eigenvalue weighted by molar-refractivity contribution is 0.368. The number of methoxy groups -OCH3 is 1. The van der Waals surface area contributed by atoms with Gasteiger partial charge in [-0.05, 0) is 31.2 Å². The van der Waals surface area contributed by atoms with Gasteiger partial charge in [0.1, 0.15) is 18.1 Å². The lowest BCUT2D eigenvalue weighted by atomic mass is 10.3. The molecule has 0 saturated carbocycles. The SMILES string of the molecule is COc1cccc(S(=O)(=O)NCC#CCOc2ccc(C)nc2)c1. The molecule has 0 spiro atoms. The highest BCUT2D eigenvalue weighted by Gasteiger charge is 2.13. The molecule has 2 rings (SSSR count). The van der Waals surface area contributed by atoms with E-state index in [1.807, 2.05) is 13.0 Å². The summed E-state index contributed by atoms with van der Waals surface area (Å²) in [5, 5.41) is 0. The molecule has 1 heterocycles. The summed E-state index contributed by atoms with van der Waals surface area (Å²) < 4.78 is 37.0. The molecule has 24 heavy (non-hydrogen) atoms. The van der Waals surface area contributed by atoms with Crippen LogP contribution in [0.1, 0.15) is 5.69 Å². The van der Waals surface area contributed by atoms with Crippen molar-refractivity contribution in [1.82, 2.24) is 9.71 Å². The second kappa shape index (κ2) is 8.34. The van der Waals surface area contributed by atoms with Crippen molar-refractivity contribution in [3.63, 3.8) is 0 Å². The molecule has 0 atom stereocenters. The van der Waals surface area contributed by atoms with Crippen LogP contribution in [0.2, 0.25) is 0 Å². The van der Waals surface area contributed by atoms with E-state index in [2.05, 4.69) is 21.5 Å². The molecule has 0 bridgehead atoms. The highest BCUT2D eigenvalue weighted by molar-refractivity contribution is 7.89. The molecule has 6 nitrogen and oxygen atoms in total. The second-order valence-electron chi connectivity index (χ2n) is 4.78. The third-order valence-electron chi connectivity index (χ3n) is 3.02. The first-order valence-corrected chi connectivity index (χ1v) is 8.64. The summed E-state index contributed by atoms with van der Waals surface area (Å²) in [5.74, 6) is 6.54. The van der Waals surface area contributed by atoms with E-state index in [1.165, 1.54) is 19.2 Å². The van der Waals surface area contributed by atoms with Crippen LogP contribution in [-0.4, -0.2) is 33.7 Å². The van der Waals surface area contributed by atoms with Crippen molar-refractivity contribution in [2.24, 2.45) is 0 Å². The van der Waals surface area contributed by atoms with Gasteiger partial charge in [-0.1, -0.05) is 17.9 Å². The topological polar surface area (TPSA) is 77.5 Å². The van der Waals surface area contributed by atoms with Crippen LogP contribution < -0.4 is 14.2 Å². The number of pyridine rings is 1. The fourth-order valence-corrected chi connectivity index (χ4v) is 2.71. The lowest BCUT2D eigenvalue weighted by Crippen LogP contribution is -2.24. The van der Waals surface area contributed by atoms with Gasteiger partial charge in [0.05, 0.1) is 24.7 Å². The van der Waals surface area contributed by atoms with Crippen LogP contribution in [0.5, 0.6) is 11.5 Å². The summed E-state index contributed by atoms with van der Waals surface area (Å²) in [6, 6.07) is 9.87. The second-order valence-corrected chi connectivity index (χ2v) is 6.55. The minimum Gasteiger partial charge on any atom is -0.497 e. The van der Waals surface area contributed by atoms with Crippen LogP contribution in [0, 0.1) is 18.8 Å². The molecule has 126 valence electrons. The molecular weight excluding hydrogens is 328 g/mol. The average Bonchev–Trinajstić information content (AvgIpc) is 2.59. The van der Waals surface area contributed by atoms with Crippen LogP contribution in [0.3, 0.4) is 0 Å². The Morgan fingerprint density at radius 2 is 2.00 bits per heavy atom. The summed E-state index contributed by atoms with van der Waals surface area (Å²) in [5.41, 5.74) is 0.903. The number of hydrogen-bond donors (Lipinski definition) is 1. The highest BCUT2D eigenvalue weighted by atomic mass is 32.2. The maximum Gasteiger partial charge on any atom is 0.241 e. The van der Waals surface area contributed by atoms with Crippen molar-refractivity contribution in [2.45, 2.75) is 11.8 Å². The fraction of sp³-hybridized carbons (Fsp3) is 0.235. The van der Waals surface area contributed by atoms with Crippen molar-refractivity contribution >= 4 is 10.0 Å². The van der Waals surface area contributed by atoms with Crippen molar-refractivity contribution in [2.75, 3.05) is 20.3 Å². The van der Waals surface area contributed by atoms with Crippen molar-refractivity contribution < 1.29 is 17.9 Å². The Kier molecular flexibility index (Phi) is 6.18. The monoisotopic (exact) mass is 346 g/mol. The standard InChI is InChI=1S/C17H18N2O4S/c1-14-8-9-16(13-18-14)23-11-4-3-10-19-24(20,21)17-7-5-6-15(12-17)22-2/h5-9,12-13,19H,10-11H2,1-2H3. The van der Waals surface area contributed by atoms with E-state index in [9.17, 15) is 8.42 Å². The Balaban J connectivity index is 1.83. The number of aryl methyl sites for hydroxylation is 1. The molecule has 1 aromatic carbocycles. The van der Waals surface area contributed by atoms with Crippen LogP contribution in [-0.2, 0) is 10.0 Å². The largest absolute Gasteiger partial charge is 0.497 e. The van der Waals surface area contributed by atoms with Crippen LogP contribution in [0.4, 0.5) is 0 Å². The molecule has 0 radical (unpaired) electrons. The Morgan fingerprint density at radius 1 is 1.17 bits per heavy atom. The summed E-state index contributed by atoms with van der Waals surface area (Å²) in [7, 11) is -2.14. The maximum absolute atomic E-state index is 12.1. The summed E-state index contributed by atoms with van der Waals surface area (Å²) >= 11 is 0. The average molecular weight is 346 g/mol. The van der Waals surface area contributed by atoms with E-state index in [0.29, 0.717) is 11.5 Å². The van der Waals surface area contributed by atoms with Gasteiger partial charge in [-0.3, -0.25) is 4.98 Å². The smallest absolute Gasteiger partial charge is 0.241 e. The molecule has 1 N–H and O–H groups in total. The Labute approximate surface area is 141 Å². The summed E-state index contributed by atoms with van der Waals surface area (Å²) in [6.45, 7) is 2.04. The molecule has 0 aliphatic heterocycles. The van der Waals surface area contributed by atoms with Gasteiger partial charge in [0.15, 0.2) is 0 Å². The lowest BCUT2D eigenvalue weighted by Gasteiger charge is -2.05. The van der Waals surface area contributed by atoms with E-state index < -0.39 is 10.0 Å². The van der Waals surface area contributed by atoms with E-state index >= 15 is 0 Å². The first-order chi connectivity index (χ1) is 11.5. The number of rotatable bonds is 6. The van der Waals surface area contributed by atoms with Crippen molar-refractivity contribution in [3.05, 3.63) is 48.3 Å². The van der Waals surface area contributed by atoms with E-state index in [0.717, 1.165) is 5.69 Å². The molecule has 0 amide bonds. The molecule has 0 unspecified atom stereocenters. The zero-order chi connectivity index (χ0) is 17.4. The number of ether oxygens (including phenoxy) is 2. The molecule has 0 aliphatic carbocycles. The Morgan fingerprint density at radius 3 is 2.71 bits per heavy atom. The van der Waals surface area contributed by atoms with Gasteiger partial charge in [0.2, 0.25) is 10.0 Å². The number of aromatic nitrogens is 1. The predicted octanol–water partition coefficient (Wildman–Crippen LogP) is 1.76. The van der Waals surface area contributed by atoms with E-state index in [-0.39, 0.29) is 18.0 Å². The third-order valence-corrected chi connectivity index (χ3v) is 4.42. The third kappa shape index (κ3) is 5.26. The number of nitrogens with one attached hydrogen (secondary N) is 1. The Hall–Kier alpha value is -2.56. The van der Waals surface area contributed by atoms with Crippen LogP contribution in [0.25, 0.3) is 0 Å². The number of sulfonamides is 1. The van der Waals surface area contributed by atoms with Gasteiger partial charge in [-0.2, -0.15) is 4.72 Å². The number of nitrogens with zero attached hydrogens (tertiary/aromatic N) is 1. The minimum absolute atomic E-state index is 0.00491. The minimum atomic E-state index is -3.62. The molecule has 7 heteroatoms. The Bertz CT molecular complexity index is 837. The summed E-state index contributed by atoms with van der Waals surface area (Å²) in [6.07, 6.45) is 1.61. The summed E-state index contributed by atoms with van der Waals surface area (Å²) in [4.78, 5) is 4.23. The molecule has 0 fully saturated rings. The number of hydrogen-bond acceptors (Lipinski definition) is 5. The number of benzene rings is 1. The molecule has 1 aromatic heterocycles. The van der Waals surface area contributed by atoms with Crippen LogP contribution >= 0.6 is 0 Å². The van der Waals surface area contributed by atoms with Gasteiger partial charge in [0.25, 0.3) is 0 Å². The van der Waals surface area contributed by atoms with Crippen molar-refractivity contribution in [3.8, 4) is 23.3 Å². The fourth-order valence-electron chi connectivity index (χ4n) is 1.76. The van der Waals surface area contributed by atoms with Gasteiger partial charge in [-0.15, -0.1) is 0 Å². The molecular formula is C17H18N2O4S. The zero-order valence-electron chi connectivity index (χ0n) is 13.4. The molecule has 2 aromatic rings. The highest BCUT2D eigenvalue weighted by Crippen LogP contribution is 2.16. The predicted molar refractivity (Wildman–Crippen MR) is 90.4 cm³/mol. The maximum atomic E-state index is 12.1. The van der Waals surface area contributed by atoms with Crippen molar-refractivity contribution in [1.29, 1.82) is 0 Å². The quantitative estimate of drug-likeness (QED) is 0.807. The first kappa shape index (κ1) is 17.8. The van der Waals surface area contributed by atoms with E-state index in [1.54, 1.807) is 24.4 Å². The normalized spacial score (nSPS) is 10.6.